The maximum absolute atomic E-state index is 13.0. The normalized spacial score (nSPS) is 11.9. The molecule has 2 N–H and O–H groups in total. The Morgan fingerprint density at radius 2 is 0.952 bits per heavy atom. The third-order valence-electron chi connectivity index (χ3n) is 12.9. The lowest BCUT2D eigenvalue weighted by Crippen LogP contribution is -2.43. The van der Waals surface area contributed by atoms with E-state index in [2.05, 4.69) is 56.9 Å². The summed E-state index contributed by atoms with van der Waals surface area (Å²) >= 11 is 0. The summed E-state index contributed by atoms with van der Waals surface area (Å²) in [6.45, 7) is 12.2. The summed E-state index contributed by atoms with van der Waals surface area (Å²) in [5.74, 6) is 0.887. The minimum Gasteiger partial charge on any atom is -0.483 e. The van der Waals surface area contributed by atoms with Gasteiger partial charge in [0.1, 0.15) is 17.5 Å². The van der Waals surface area contributed by atoms with E-state index in [4.69, 9.17) is 14.6 Å². The molecule has 0 saturated carbocycles. The van der Waals surface area contributed by atoms with Gasteiger partial charge in [0.2, 0.25) is 0 Å². The van der Waals surface area contributed by atoms with Crippen molar-refractivity contribution in [1.29, 1.82) is 0 Å². The summed E-state index contributed by atoms with van der Waals surface area (Å²) < 4.78 is 6.08. The molecule has 0 fully saturated rings. The minimum atomic E-state index is -0.351. The molecule has 0 spiro atoms. The van der Waals surface area contributed by atoms with Crippen molar-refractivity contribution in [3.8, 4) is 0 Å². The van der Waals surface area contributed by atoms with Crippen molar-refractivity contribution in [2.45, 2.75) is 265 Å². The second-order valence-corrected chi connectivity index (χ2v) is 19.1. The fraction of sp³-hybridized carbons (Fsp3) is 0.889. The van der Waals surface area contributed by atoms with Gasteiger partial charge in [-0.15, -0.1) is 0 Å². The van der Waals surface area contributed by atoms with Crippen molar-refractivity contribution in [2.75, 3.05) is 50.5 Å². The average molecular weight is 890 g/mol. The van der Waals surface area contributed by atoms with Gasteiger partial charge in [0, 0.05) is 26.1 Å². The van der Waals surface area contributed by atoms with Gasteiger partial charge < -0.3 is 25.0 Å². The van der Waals surface area contributed by atoms with E-state index in [1.54, 1.807) is 0 Å². The first-order valence-electron chi connectivity index (χ1n) is 26.9. The predicted molar refractivity (Wildman–Crippen MR) is 272 cm³/mol. The van der Waals surface area contributed by atoms with Crippen molar-refractivity contribution in [3.05, 3.63) is 20.4 Å². The SMILES string of the molecule is CCCCCCCCC(CCC)CCCCCCCN(CCCCCCCC(=O)OC(CCCCCCCC)CCCCCCCC)c1c(NCCCN(C)C)c(=O)c1=O.O=CO. The van der Waals surface area contributed by atoms with Crippen molar-refractivity contribution < 1.29 is 19.4 Å². The highest BCUT2D eigenvalue weighted by atomic mass is 16.5. The van der Waals surface area contributed by atoms with Crippen LogP contribution in [0, 0.1) is 5.92 Å². The smallest absolute Gasteiger partial charge is 0.306 e. The third-order valence-corrected chi connectivity index (χ3v) is 12.9. The molecule has 0 radical (unpaired) electrons. The van der Waals surface area contributed by atoms with Crippen LogP contribution >= 0.6 is 0 Å². The summed E-state index contributed by atoms with van der Waals surface area (Å²) in [5.41, 5.74) is 0.495. The molecule has 1 atom stereocenters. The lowest BCUT2D eigenvalue weighted by atomic mass is 9.90. The lowest BCUT2D eigenvalue weighted by Gasteiger charge is -2.28. The van der Waals surface area contributed by atoms with Gasteiger partial charge >= 0.3 is 5.97 Å². The number of unbranched alkanes of at least 4 members (excludes halogenated alkanes) is 23. The van der Waals surface area contributed by atoms with Gasteiger partial charge in [-0.2, -0.15) is 0 Å². The van der Waals surface area contributed by atoms with Crippen molar-refractivity contribution >= 4 is 23.8 Å². The average Bonchev–Trinajstić information content (AvgIpc) is 3.26. The number of hydrogen-bond acceptors (Lipinski definition) is 8. The molecule has 0 heterocycles. The second-order valence-electron chi connectivity index (χ2n) is 19.1. The van der Waals surface area contributed by atoms with E-state index < -0.39 is 0 Å². The Kier molecular flexibility index (Phi) is 43.0. The number of esters is 1. The Morgan fingerprint density at radius 1 is 0.540 bits per heavy atom. The molecular formula is C54H103N3O6. The molecule has 0 aromatic heterocycles. The van der Waals surface area contributed by atoms with Crippen LogP contribution < -0.4 is 21.1 Å². The summed E-state index contributed by atoms with van der Waals surface area (Å²) in [5, 5.41) is 10.2. The summed E-state index contributed by atoms with van der Waals surface area (Å²) in [6, 6.07) is 0. The summed E-state index contributed by atoms with van der Waals surface area (Å²) in [7, 11) is 4.11. The monoisotopic (exact) mass is 890 g/mol. The van der Waals surface area contributed by atoms with Crippen LogP contribution in [-0.2, 0) is 14.3 Å². The molecule has 63 heavy (non-hydrogen) atoms. The first kappa shape index (κ1) is 60.6. The van der Waals surface area contributed by atoms with E-state index in [9.17, 15) is 14.4 Å². The molecule has 0 aliphatic carbocycles. The van der Waals surface area contributed by atoms with Gasteiger partial charge in [-0.3, -0.25) is 19.2 Å². The molecule has 0 amide bonds. The molecule has 1 rings (SSSR count). The molecular weight excluding hydrogens is 787 g/mol. The molecule has 9 nitrogen and oxygen atoms in total. The zero-order chi connectivity index (χ0) is 46.6. The lowest BCUT2D eigenvalue weighted by molar-refractivity contribution is -0.150. The van der Waals surface area contributed by atoms with E-state index in [-0.39, 0.29) is 29.4 Å². The molecule has 1 unspecified atom stereocenters. The number of rotatable bonds is 46. The first-order valence-corrected chi connectivity index (χ1v) is 26.9. The number of carbonyl (C=O) groups excluding carboxylic acids is 1. The van der Waals surface area contributed by atoms with Crippen molar-refractivity contribution in [2.24, 2.45) is 5.92 Å². The Morgan fingerprint density at radius 3 is 1.40 bits per heavy atom. The Balaban J connectivity index is 0.0000124. The Bertz CT molecular complexity index is 1210. The van der Waals surface area contributed by atoms with Crippen LogP contribution in [0.1, 0.15) is 259 Å². The van der Waals surface area contributed by atoms with Gasteiger partial charge in [0.15, 0.2) is 0 Å². The summed E-state index contributed by atoms with van der Waals surface area (Å²) in [4.78, 5) is 51.3. The fourth-order valence-electron chi connectivity index (χ4n) is 9.02. The largest absolute Gasteiger partial charge is 0.483 e. The number of hydrogen-bond donors (Lipinski definition) is 2. The fourth-order valence-corrected chi connectivity index (χ4v) is 9.02. The second kappa shape index (κ2) is 44.8. The quantitative estimate of drug-likeness (QED) is 0.0286. The van der Waals surface area contributed by atoms with E-state index in [1.807, 2.05) is 0 Å². The van der Waals surface area contributed by atoms with Gasteiger partial charge in [0.05, 0.1) is 0 Å². The molecule has 9 heteroatoms. The molecule has 0 saturated heterocycles. The third kappa shape index (κ3) is 34.6. The molecule has 0 aliphatic heterocycles. The van der Waals surface area contributed by atoms with Gasteiger partial charge in [-0.1, -0.05) is 201 Å². The highest BCUT2D eigenvalue weighted by Crippen LogP contribution is 2.25. The van der Waals surface area contributed by atoms with Crippen LogP contribution in [0.3, 0.4) is 0 Å². The van der Waals surface area contributed by atoms with Crippen LogP contribution in [0.25, 0.3) is 0 Å². The molecule has 370 valence electrons. The van der Waals surface area contributed by atoms with Crippen LogP contribution in [0.2, 0.25) is 0 Å². The molecule has 1 aromatic carbocycles. The van der Waals surface area contributed by atoms with Crippen LogP contribution in [-0.4, -0.2) is 68.8 Å². The summed E-state index contributed by atoms with van der Waals surface area (Å²) in [6.07, 6.45) is 43.7. The maximum Gasteiger partial charge on any atom is 0.306 e. The number of carboxylic acid groups (broad SMARTS) is 1. The highest BCUT2D eigenvalue weighted by molar-refractivity contribution is 5.75. The Labute approximate surface area is 388 Å². The minimum absolute atomic E-state index is 0.0113. The van der Waals surface area contributed by atoms with Crippen LogP contribution in [0.15, 0.2) is 9.59 Å². The van der Waals surface area contributed by atoms with E-state index in [1.165, 1.54) is 154 Å². The standard InChI is InChI=1S/C53H101N3O4.CH2O2/c1-7-11-14-17-22-29-38-47(37-10-4)39-30-23-20-27-34-45-56(51-50(52(58)53(51)59)54-43-36-44-55(5)6)46-35-28-21-26-33-42-49(57)60-48(40-31-24-18-15-12-8-2)41-32-25-19-16-13-9-3;2-1-3/h47-48,54H,7-46H2,1-6H3;1H,(H,2,3). The topological polar surface area (TPSA) is 116 Å². The molecule has 1 aromatic rings. The van der Waals surface area contributed by atoms with Crippen molar-refractivity contribution in [3.63, 3.8) is 0 Å². The number of nitrogens with one attached hydrogen (secondary N) is 1. The zero-order valence-electron chi connectivity index (χ0n) is 42.4. The zero-order valence-corrected chi connectivity index (χ0v) is 42.4. The van der Waals surface area contributed by atoms with Crippen LogP contribution in [0.4, 0.5) is 11.4 Å². The number of ether oxygens (including phenoxy) is 1. The van der Waals surface area contributed by atoms with Crippen LogP contribution in [0.5, 0.6) is 0 Å². The Hall–Kier alpha value is -2.42. The van der Waals surface area contributed by atoms with E-state index in [0.717, 1.165) is 96.2 Å². The van der Waals surface area contributed by atoms with E-state index >= 15 is 0 Å². The molecule has 0 bridgehead atoms. The predicted octanol–water partition coefficient (Wildman–Crippen LogP) is 14.4. The number of nitrogens with zero attached hydrogens (tertiary/aromatic N) is 2. The van der Waals surface area contributed by atoms with Crippen molar-refractivity contribution in [1.82, 2.24) is 4.90 Å². The number of anilines is 2. The van der Waals surface area contributed by atoms with Gasteiger partial charge in [0.25, 0.3) is 17.3 Å². The maximum atomic E-state index is 13.0. The highest BCUT2D eigenvalue weighted by Gasteiger charge is 2.25. The number of carbonyl (C=O) groups is 2. The van der Waals surface area contributed by atoms with Gasteiger partial charge in [-0.25, -0.2) is 0 Å². The molecule has 0 aliphatic rings. The first-order chi connectivity index (χ1) is 30.7. The van der Waals surface area contributed by atoms with Gasteiger partial charge in [-0.05, 0) is 77.9 Å². The van der Waals surface area contributed by atoms with E-state index in [0.29, 0.717) is 24.3 Å².